The fourth-order valence-corrected chi connectivity index (χ4v) is 2.43. The van der Waals surface area contributed by atoms with Crippen LogP contribution in [0.25, 0.3) is 0 Å². The fourth-order valence-electron chi connectivity index (χ4n) is 2.43. The van der Waals surface area contributed by atoms with Crippen LogP contribution in [0.2, 0.25) is 0 Å². The van der Waals surface area contributed by atoms with Crippen molar-refractivity contribution in [2.45, 2.75) is 20.8 Å². The zero-order valence-corrected chi connectivity index (χ0v) is 10.5. The average Bonchev–Trinajstić information content (AvgIpc) is 2.58. The first-order chi connectivity index (χ1) is 7.99. The highest BCUT2D eigenvalue weighted by Crippen LogP contribution is 2.31. The molecule has 0 aromatic heterocycles. The Kier molecular flexibility index (Phi) is 3.05. The molecule has 2 rings (SSSR count). The van der Waals surface area contributed by atoms with Gasteiger partial charge in [-0.3, -0.25) is 10.1 Å². The van der Waals surface area contributed by atoms with Crippen molar-refractivity contribution in [2.75, 3.05) is 18.0 Å². The number of hydrogen-bond donors (Lipinski definition) is 0. The number of nitrogens with zero attached hydrogens (tertiary/aromatic N) is 2. The van der Waals surface area contributed by atoms with Gasteiger partial charge in [0, 0.05) is 30.9 Å². The Hall–Kier alpha value is -1.58. The first kappa shape index (κ1) is 11.9. The molecule has 1 aromatic rings. The van der Waals surface area contributed by atoms with Gasteiger partial charge < -0.3 is 4.90 Å². The van der Waals surface area contributed by atoms with Crippen molar-refractivity contribution >= 4 is 11.4 Å². The molecule has 0 saturated carbocycles. The van der Waals surface area contributed by atoms with Crippen molar-refractivity contribution in [1.82, 2.24) is 0 Å². The van der Waals surface area contributed by atoms with E-state index in [1.165, 1.54) is 0 Å². The highest BCUT2D eigenvalue weighted by molar-refractivity contribution is 5.58. The third kappa shape index (κ3) is 2.25. The highest BCUT2D eigenvalue weighted by atomic mass is 16.6. The van der Waals surface area contributed by atoms with E-state index in [0.29, 0.717) is 11.8 Å². The first-order valence-electron chi connectivity index (χ1n) is 5.99. The predicted octanol–water partition coefficient (Wildman–Crippen LogP) is 3.00. The zero-order chi connectivity index (χ0) is 12.6. The van der Waals surface area contributed by atoms with E-state index in [1.54, 1.807) is 12.1 Å². The first-order valence-corrected chi connectivity index (χ1v) is 5.99. The van der Waals surface area contributed by atoms with Crippen molar-refractivity contribution in [1.29, 1.82) is 0 Å². The van der Waals surface area contributed by atoms with Crippen LogP contribution in [-0.2, 0) is 0 Å². The van der Waals surface area contributed by atoms with Gasteiger partial charge >= 0.3 is 0 Å². The molecule has 4 heteroatoms. The highest BCUT2D eigenvalue weighted by Gasteiger charge is 2.27. The molecule has 0 radical (unpaired) electrons. The van der Waals surface area contributed by atoms with Crippen LogP contribution in [-0.4, -0.2) is 18.0 Å². The third-order valence-corrected chi connectivity index (χ3v) is 3.72. The predicted molar refractivity (Wildman–Crippen MR) is 68.4 cm³/mol. The molecule has 0 bridgehead atoms. The van der Waals surface area contributed by atoms with Gasteiger partial charge in [0.2, 0.25) is 0 Å². The van der Waals surface area contributed by atoms with Crippen molar-refractivity contribution in [2.24, 2.45) is 11.8 Å². The van der Waals surface area contributed by atoms with Gasteiger partial charge in [-0.2, -0.15) is 0 Å². The maximum atomic E-state index is 10.7. The molecule has 0 spiro atoms. The van der Waals surface area contributed by atoms with Gasteiger partial charge in [-0.05, 0) is 30.4 Å². The van der Waals surface area contributed by atoms with Crippen molar-refractivity contribution in [3.05, 3.63) is 33.9 Å². The lowest BCUT2D eigenvalue weighted by Crippen LogP contribution is -2.20. The quantitative estimate of drug-likeness (QED) is 0.583. The molecule has 1 fully saturated rings. The van der Waals surface area contributed by atoms with E-state index < -0.39 is 0 Å². The summed E-state index contributed by atoms with van der Waals surface area (Å²) in [5.41, 5.74) is 2.29. The van der Waals surface area contributed by atoms with E-state index in [9.17, 15) is 10.1 Å². The minimum absolute atomic E-state index is 0.173. The Morgan fingerprint density at radius 1 is 1.29 bits per heavy atom. The summed E-state index contributed by atoms with van der Waals surface area (Å²) in [5, 5.41) is 10.7. The Labute approximate surface area is 101 Å². The van der Waals surface area contributed by atoms with Gasteiger partial charge in [-0.25, -0.2) is 0 Å². The van der Waals surface area contributed by atoms with Gasteiger partial charge in [0.05, 0.1) is 4.92 Å². The number of nitro groups is 1. The van der Waals surface area contributed by atoms with E-state index >= 15 is 0 Å². The van der Waals surface area contributed by atoms with Crippen LogP contribution in [0.4, 0.5) is 11.4 Å². The Balaban J connectivity index is 2.26. The SMILES string of the molecule is Cc1cc([N+](=O)[O-])ccc1N1CC(C)C(C)C1. The Morgan fingerprint density at radius 3 is 2.35 bits per heavy atom. The van der Waals surface area contributed by atoms with Gasteiger partial charge in [0.1, 0.15) is 0 Å². The Morgan fingerprint density at radius 2 is 1.88 bits per heavy atom. The van der Waals surface area contributed by atoms with Crippen LogP contribution in [0.1, 0.15) is 19.4 Å². The summed E-state index contributed by atoms with van der Waals surface area (Å²) in [6.07, 6.45) is 0. The molecule has 17 heavy (non-hydrogen) atoms. The Bertz CT molecular complexity index is 435. The smallest absolute Gasteiger partial charge is 0.269 e. The summed E-state index contributed by atoms with van der Waals surface area (Å²) >= 11 is 0. The number of hydrogen-bond acceptors (Lipinski definition) is 3. The average molecular weight is 234 g/mol. The topological polar surface area (TPSA) is 46.4 Å². The molecule has 4 nitrogen and oxygen atoms in total. The van der Waals surface area contributed by atoms with E-state index in [2.05, 4.69) is 18.7 Å². The number of anilines is 1. The second-order valence-electron chi connectivity index (χ2n) is 5.09. The van der Waals surface area contributed by atoms with Crippen LogP contribution >= 0.6 is 0 Å². The molecule has 1 heterocycles. The minimum atomic E-state index is -0.341. The molecular weight excluding hydrogens is 216 g/mol. The fraction of sp³-hybridized carbons (Fsp3) is 0.538. The number of nitro benzene ring substituents is 1. The minimum Gasteiger partial charge on any atom is -0.371 e. The van der Waals surface area contributed by atoms with Gasteiger partial charge in [-0.15, -0.1) is 0 Å². The molecule has 1 saturated heterocycles. The van der Waals surface area contributed by atoms with Crippen LogP contribution in [0.3, 0.4) is 0 Å². The number of benzene rings is 1. The van der Waals surface area contributed by atoms with E-state index in [4.69, 9.17) is 0 Å². The maximum absolute atomic E-state index is 10.7. The van der Waals surface area contributed by atoms with Crippen LogP contribution in [0.5, 0.6) is 0 Å². The van der Waals surface area contributed by atoms with E-state index in [-0.39, 0.29) is 10.6 Å². The number of rotatable bonds is 2. The standard InChI is InChI=1S/C13H18N2O2/c1-9-6-12(15(16)17)4-5-13(9)14-7-10(2)11(3)8-14/h4-6,10-11H,7-8H2,1-3H3. The lowest BCUT2D eigenvalue weighted by atomic mass is 10.0. The molecule has 2 unspecified atom stereocenters. The number of aryl methyl sites for hydroxylation is 1. The van der Waals surface area contributed by atoms with E-state index in [0.717, 1.165) is 24.3 Å². The summed E-state index contributed by atoms with van der Waals surface area (Å²) in [6, 6.07) is 5.12. The molecule has 2 atom stereocenters. The van der Waals surface area contributed by atoms with Crippen molar-refractivity contribution < 1.29 is 4.92 Å². The lowest BCUT2D eigenvalue weighted by molar-refractivity contribution is -0.384. The molecule has 92 valence electrons. The summed E-state index contributed by atoms with van der Waals surface area (Å²) in [6.45, 7) is 8.53. The van der Waals surface area contributed by atoms with Gasteiger partial charge in [0.25, 0.3) is 5.69 Å². The second-order valence-corrected chi connectivity index (χ2v) is 5.09. The molecular formula is C13H18N2O2. The summed E-state index contributed by atoms with van der Waals surface area (Å²) in [7, 11) is 0. The van der Waals surface area contributed by atoms with Crippen LogP contribution < -0.4 is 4.90 Å². The number of non-ortho nitro benzene ring substituents is 1. The van der Waals surface area contributed by atoms with E-state index in [1.807, 2.05) is 13.0 Å². The maximum Gasteiger partial charge on any atom is 0.269 e. The van der Waals surface area contributed by atoms with Crippen molar-refractivity contribution in [3.63, 3.8) is 0 Å². The third-order valence-electron chi connectivity index (χ3n) is 3.72. The van der Waals surface area contributed by atoms with Crippen LogP contribution in [0.15, 0.2) is 18.2 Å². The monoisotopic (exact) mass is 234 g/mol. The summed E-state index contributed by atoms with van der Waals surface area (Å²) in [5.74, 6) is 1.37. The molecule has 1 aliphatic heterocycles. The van der Waals surface area contributed by atoms with Crippen LogP contribution in [0, 0.1) is 28.9 Å². The van der Waals surface area contributed by atoms with Crippen molar-refractivity contribution in [3.8, 4) is 0 Å². The second kappa shape index (κ2) is 4.35. The zero-order valence-electron chi connectivity index (χ0n) is 10.5. The summed E-state index contributed by atoms with van der Waals surface area (Å²) in [4.78, 5) is 12.7. The molecule has 1 aromatic carbocycles. The molecule has 1 aliphatic rings. The van der Waals surface area contributed by atoms with Gasteiger partial charge in [-0.1, -0.05) is 13.8 Å². The normalized spacial score (nSPS) is 24.1. The molecule has 0 amide bonds. The largest absolute Gasteiger partial charge is 0.371 e. The lowest BCUT2D eigenvalue weighted by Gasteiger charge is -2.20. The summed E-state index contributed by atoms with van der Waals surface area (Å²) < 4.78 is 0. The molecule has 0 N–H and O–H groups in total. The van der Waals surface area contributed by atoms with Gasteiger partial charge in [0.15, 0.2) is 0 Å². The molecule has 0 aliphatic carbocycles.